The van der Waals surface area contributed by atoms with Crippen molar-refractivity contribution in [3.8, 4) is 0 Å². The van der Waals surface area contributed by atoms with Crippen molar-refractivity contribution in [3.63, 3.8) is 0 Å². The van der Waals surface area contributed by atoms with Crippen molar-refractivity contribution < 1.29 is 9.59 Å². The van der Waals surface area contributed by atoms with Gasteiger partial charge < -0.3 is 16.0 Å². The quantitative estimate of drug-likeness (QED) is 0.489. The van der Waals surface area contributed by atoms with E-state index in [1.807, 2.05) is 12.1 Å². The summed E-state index contributed by atoms with van der Waals surface area (Å²) in [6.45, 7) is 3.33. The van der Waals surface area contributed by atoms with Gasteiger partial charge in [0.1, 0.15) is 0 Å². The number of hydrogen-bond acceptors (Lipinski definition) is 5. The molecule has 4 N–H and O–H groups in total. The molecule has 0 radical (unpaired) electrons. The van der Waals surface area contributed by atoms with Gasteiger partial charge in [0.15, 0.2) is 0 Å². The second-order valence-corrected chi connectivity index (χ2v) is 3.81. The lowest BCUT2D eigenvalue weighted by Gasteiger charge is -2.32. The van der Waals surface area contributed by atoms with E-state index in [-0.39, 0.29) is 24.9 Å². The third kappa shape index (κ3) is 4.56. The van der Waals surface area contributed by atoms with Crippen LogP contribution in [0.5, 0.6) is 0 Å². The number of carbonyl (C=O) groups is 2. The maximum Gasteiger partial charge on any atom is 0.253 e. The molecule has 16 heavy (non-hydrogen) atoms. The zero-order chi connectivity index (χ0) is 12.0. The first kappa shape index (κ1) is 12.9. The summed E-state index contributed by atoms with van der Waals surface area (Å²) in [5.74, 6) is -0.542. The second kappa shape index (κ2) is 6.41. The van der Waals surface area contributed by atoms with Crippen LogP contribution in [-0.4, -0.2) is 68.0 Å². The number of hydrogen-bond donors (Lipinski definition) is 3. The van der Waals surface area contributed by atoms with Crippen molar-refractivity contribution in [2.45, 2.75) is 0 Å². The number of hydrazine groups is 1. The van der Waals surface area contributed by atoms with Crippen LogP contribution in [0.2, 0.25) is 0 Å². The molecule has 7 nitrogen and oxygen atoms in total. The molecule has 0 aromatic heterocycles. The Balaban J connectivity index is 2.16. The van der Waals surface area contributed by atoms with Gasteiger partial charge in [-0.1, -0.05) is 0 Å². The lowest BCUT2D eigenvalue weighted by Crippen LogP contribution is -2.54. The summed E-state index contributed by atoms with van der Waals surface area (Å²) in [4.78, 5) is 24.4. The third-order valence-corrected chi connectivity index (χ3v) is 2.42. The first-order chi connectivity index (χ1) is 7.61. The number of carbonyl (C=O) groups excluding carboxylic acids is 2. The Kier molecular flexibility index (Phi) is 5.17. The van der Waals surface area contributed by atoms with Crippen molar-refractivity contribution in [1.29, 1.82) is 0 Å². The van der Waals surface area contributed by atoms with E-state index in [9.17, 15) is 9.59 Å². The molecule has 0 unspecified atom stereocenters. The largest absolute Gasteiger partial charge is 0.346 e. The molecule has 0 aliphatic carbocycles. The summed E-state index contributed by atoms with van der Waals surface area (Å²) in [5, 5.41) is 4.28. The highest BCUT2D eigenvalue weighted by molar-refractivity contribution is 5.85. The van der Waals surface area contributed by atoms with Gasteiger partial charge in [-0.25, -0.2) is 5.01 Å². The van der Waals surface area contributed by atoms with Crippen LogP contribution in [0.15, 0.2) is 0 Å². The predicted octanol–water partition coefficient (Wildman–Crippen LogP) is -2.66. The molecule has 0 saturated carbocycles. The molecular weight excluding hydrogens is 210 g/mol. The molecule has 92 valence electrons. The number of amides is 2. The Morgan fingerprint density at radius 1 is 1.19 bits per heavy atom. The second-order valence-electron chi connectivity index (χ2n) is 3.81. The van der Waals surface area contributed by atoms with E-state index >= 15 is 0 Å². The molecule has 7 heteroatoms. The minimum absolute atomic E-state index is 0.0254. The summed E-state index contributed by atoms with van der Waals surface area (Å²) in [6.07, 6.45) is 0. The van der Waals surface area contributed by atoms with Crippen molar-refractivity contribution in [2.24, 2.45) is 5.73 Å². The Hall–Kier alpha value is -1.18. The van der Waals surface area contributed by atoms with E-state index < -0.39 is 0 Å². The number of rotatable bonds is 4. The number of likely N-dealkylation sites (N-methyl/N-ethyl adjacent to an activating group) is 1. The van der Waals surface area contributed by atoms with Crippen LogP contribution in [0, 0.1) is 0 Å². The SMILES string of the molecule is CN1CCN(NC(=O)CNC(=O)CN)CC1. The molecule has 1 heterocycles. The smallest absolute Gasteiger partial charge is 0.253 e. The molecular formula is C9H19N5O2. The van der Waals surface area contributed by atoms with Gasteiger partial charge in [-0.15, -0.1) is 0 Å². The standard InChI is InChI=1S/C9H19N5O2/c1-13-2-4-14(5-3-13)12-9(16)7-11-8(15)6-10/h2-7,10H2,1H3,(H,11,15)(H,12,16). The van der Waals surface area contributed by atoms with Crippen molar-refractivity contribution in [2.75, 3.05) is 46.3 Å². The van der Waals surface area contributed by atoms with Crippen molar-refractivity contribution in [3.05, 3.63) is 0 Å². The molecule has 1 aliphatic rings. The van der Waals surface area contributed by atoms with Crippen LogP contribution in [0.25, 0.3) is 0 Å². The van der Waals surface area contributed by atoms with E-state index in [0.29, 0.717) is 0 Å². The van der Waals surface area contributed by atoms with Gasteiger partial charge in [0.2, 0.25) is 5.91 Å². The van der Waals surface area contributed by atoms with E-state index in [0.717, 1.165) is 26.2 Å². The topological polar surface area (TPSA) is 90.7 Å². The van der Waals surface area contributed by atoms with Crippen molar-refractivity contribution >= 4 is 11.8 Å². The molecule has 0 aromatic carbocycles. The van der Waals surface area contributed by atoms with Gasteiger partial charge in [-0.05, 0) is 7.05 Å². The minimum Gasteiger partial charge on any atom is -0.346 e. The predicted molar refractivity (Wildman–Crippen MR) is 59.3 cm³/mol. The van der Waals surface area contributed by atoms with E-state index in [1.54, 1.807) is 0 Å². The van der Waals surface area contributed by atoms with Gasteiger partial charge in [-0.2, -0.15) is 0 Å². The van der Waals surface area contributed by atoms with Crippen LogP contribution in [0.3, 0.4) is 0 Å². The highest BCUT2D eigenvalue weighted by atomic mass is 16.2. The lowest BCUT2D eigenvalue weighted by atomic mass is 10.4. The van der Waals surface area contributed by atoms with E-state index in [2.05, 4.69) is 15.6 Å². The maximum atomic E-state index is 11.4. The molecule has 2 amide bonds. The van der Waals surface area contributed by atoms with E-state index in [4.69, 9.17) is 5.73 Å². The summed E-state index contributed by atoms with van der Waals surface area (Å²) in [6, 6.07) is 0. The highest BCUT2D eigenvalue weighted by Gasteiger charge is 2.15. The van der Waals surface area contributed by atoms with Crippen LogP contribution in [0.1, 0.15) is 0 Å². The Labute approximate surface area is 94.9 Å². The normalized spacial score (nSPS) is 18.1. The molecule has 1 saturated heterocycles. The van der Waals surface area contributed by atoms with Gasteiger partial charge in [0.05, 0.1) is 13.1 Å². The van der Waals surface area contributed by atoms with Crippen LogP contribution >= 0.6 is 0 Å². The fourth-order valence-electron chi connectivity index (χ4n) is 1.39. The van der Waals surface area contributed by atoms with Gasteiger partial charge in [0.25, 0.3) is 5.91 Å². The van der Waals surface area contributed by atoms with Gasteiger partial charge >= 0.3 is 0 Å². The Morgan fingerprint density at radius 2 is 1.81 bits per heavy atom. The molecule has 1 rings (SSSR count). The van der Waals surface area contributed by atoms with Crippen LogP contribution in [-0.2, 0) is 9.59 Å². The Bertz CT molecular complexity index is 250. The van der Waals surface area contributed by atoms with Gasteiger partial charge in [0, 0.05) is 26.2 Å². The fourth-order valence-corrected chi connectivity index (χ4v) is 1.39. The van der Waals surface area contributed by atoms with Crippen molar-refractivity contribution in [1.82, 2.24) is 20.7 Å². The highest BCUT2D eigenvalue weighted by Crippen LogP contribution is 1.94. The first-order valence-electron chi connectivity index (χ1n) is 5.31. The lowest BCUT2D eigenvalue weighted by molar-refractivity contribution is -0.129. The third-order valence-electron chi connectivity index (χ3n) is 2.42. The summed E-state index contributed by atoms with van der Waals surface area (Å²) in [7, 11) is 2.04. The number of nitrogens with one attached hydrogen (secondary N) is 2. The van der Waals surface area contributed by atoms with Crippen LogP contribution in [0.4, 0.5) is 0 Å². The molecule has 0 bridgehead atoms. The van der Waals surface area contributed by atoms with Gasteiger partial charge in [-0.3, -0.25) is 15.0 Å². The number of nitrogens with two attached hydrogens (primary N) is 1. The zero-order valence-corrected chi connectivity index (χ0v) is 9.53. The molecule has 0 atom stereocenters. The number of nitrogens with zero attached hydrogens (tertiary/aromatic N) is 2. The maximum absolute atomic E-state index is 11.4. The average Bonchev–Trinajstić information content (AvgIpc) is 2.29. The first-order valence-corrected chi connectivity index (χ1v) is 5.31. The number of piperazine rings is 1. The monoisotopic (exact) mass is 229 g/mol. The summed E-state index contributed by atoms with van der Waals surface area (Å²) < 4.78 is 0. The summed E-state index contributed by atoms with van der Waals surface area (Å²) >= 11 is 0. The zero-order valence-electron chi connectivity index (χ0n) is 9.53. The molecule has 0 spiro atoms. The fraction of sp³-hybridized carbons (Fsp3) is 0.778. The van der Waals surface area contributed by atoms with E-state index in [1.165, 1.54) is 0 Å². The molecule has 1 aliphatic heterocycles. The minimum atomic E-state index is -0.325. The average molecular weight is 229 g/mol. The van der Waals surface area contributed by atoms with Crippen LogP contribution < -0.4 is 16.5 Å². The Morgan fingerprint density at radius 3 is 2.38 bits per heavy atom. The molecule has 1 fully saturated rings. The molecule has 0 aromatic rings. The summed E-state index contributed by atoms with van der Waals surface area (Å²) in [5.41, 5.74) is 7.83.